The molecule has 0 radical (unpaired) electrons. The second kappa shape index (κ2) is 9.83. The minimum atomic E-state index is -0.248. The molecule has 0 atom stereocenters. The van der Waals surface area contributed by atoms with Gasteiger partial charge in [-0.05, 0) is 25.7 Å². The average Bonchev–Trinajstić information content (AvgIpc) is 2.60. The molecular formula is C20H36N4O2. The molecule has 2 fully saturated rings. The van der Waals surface area contributed by atoms with Crippen molar-refractivity contribution in [3.8, 4) is 0 Å². The zero-order valence-electron chi connectivity index (χ0n) is 16.9. The molecule has 0 unspecified atom stereocenters. The van der Waals surface area contributed by atoms with Crippen LogP contribution in [0.1, 0.15) is 64.2 Å². The van der Waals surface area contributed by atoms with Crippen LogP contribution >= 0.6 is 0 Å². The molecule has 0 saturated heterocycles. The highest BCUT2D eigenvalue weighted by atomic mass is 16.2. The van der Waals surface area contributed by atoms with Crippen LogP contribution in [0.15, 0.2) is 11.4 Å². The summed E-state index contributed by atoms with van der Waals surface area (Å²) in [6.45, 7) is 0. The standard InChI is InChI=1S/C20H36N4O2/c1-23(2)20(24(3)4)17(18(25)21-15-11-7-5-8-12-15)19(26)22-16-13-9-6-10-14-16/h15-16H,5-14H2,1-4H3,(H,21,25)(H,22,26). The van der Waals surface area contributed by atoms with Crippen molar-refractivity contribution in [1.82, 2.24) is 20.4 Å². The van der Waals surface area contributed by atoms with Gasteiger partial charge in [-0.1, -0.05) is 38.5 Å². The molecule has 2 aliphatic carbocycles. The van der Waals surface area contributed by atoms with Gasteiger partial charge in [0.25, 0.3) is 11.8 Å². The summed E-state index contributed by atoms with van der Waals surface area (Å²) in [5.74, 6) is 0.150. The molecule has 26 heavy (non-hydrogen) atoms. The van der Waals surface area contributed by atoms with E-state index in [0.717, 1.165) is 51.4 Å². The van der Waals surface area contributed by atoms with Crippen molar-refractivity contribution in [3.63, 3.8) is 0 Å². The van der Waals surface area contributed by atoms with Crippen molar-refractivity contribution in [2.45, 2.75) is 76.3 Å². The highest BCUT2D eigenvalue weighted by Gasteiger charge is 2.29. The molecule has 0 aliphatic heterocycles. The van der Waals surface area contributed by atoms with Gasteiger partial charge in [-0.15, -0.1) is 0 Å². The van der Waals surface area contributed by atoms with Gasteiger partial charge in [0.2, 0.25) is 0 Å². The van der Waals surface area contributed by atoms with E-state index in [4.69, 9.17) is 0 Å². The summed E-state index contributed by atoms with van der Waals surface area (Å²) < 4.78 is 0. The molecule has 148 valence electrons. The van der Waals surface area contributed by atoms with E-state index in [1.807, 2.05) is 38.0 Å². The third kappa shape index (κ3) is 5.64. The summed E-state index contributed by atoms with van der Waals surface area (Å²) in [7, 11) is 7.49. The molecule has 0 aromatic rings. The number of hydrogen-bond donors (Lipinski definition) is 2. The van der Waals surface area contributed by atoms with Gasteiger partial charge in [0.05, 0.1) is 0 Å². The van der Waals surface area contributed by atoms with Crippen LogP contribution in [-0.4, -0.2) is 61.9 Å². The lowest BCUT2D eigenvalue weighted by molar-refractivity contribution is -0.125. The van der Waals surface area contributed by atoms with E-state index < -0.39 is 0 Å². The lowest BCUT2D eigenvalue weighted by atomic mass is 9.94. The van der Waals surface area contributed by atoms with E-state index >= 15 is 0 Å². The molecule has 0 aromatic heterocycles. The zero-order valence-corrected chi connectivity index (χ0v) is 16.9. The van der Waals surface area contributed by atoms with E-state index in [0.29, 0.717) is 5.82 Å². The van der Waals surface area contributed by atoms with Gasteiger partial charge >= 0.3 is 0 Å². The molecule has 0 bridgehead atoms. The molecule has 2 saturated carbocycles. The molecule has 2 aliphatic rings. The van der Waals surface area contributed by atoms with Crippen LogP contribution in [0.4, 0.5) is 0 Å². The van der Waals surface area contributed by atoms with E-state index in [9.17, 15) is 9.59 Å². The fraction of sp³-hybridized carbons (Fsp3) is 0.800. The SMILES string of the molecule is CN(C)C(=C(C(=O)NC1CCCCC1)C(=O)NC1CCCCC1)N(C)C. The lowest BCUT2D eigenvalue weighted by Gasteiger charge is -2.30. The molecule has 2 rings (SSSR count). The Morgan fingerprint density at radius 2 is 1.00 bits per heavy atom. The molecule has 2 amide bonds. The van der Waals surface area contributed by atoms with Crippen molar-refractivity contribution < 1.29 is 9.59 Å². The Morgan fingerprint density at radius 1 is 0.654 bits per heavy atom. The molecule has 6 heteroatoms. The first-order valence-electron chi connectivity index (χ1n) is 10.1. The first-order valence-corrected chi connectivity index (χ1v) is 10.1. The minimum Gasteiger partial charge on any atom is -0.364 e. The largest absolute Gasteiger partial charge is 0.364 e. The second-order valence-electron chi connectivity index (χ2n) is 8.10. The van der Waals surface area contributed by atoms with Crippen LogP contribution in [-0.2, 0) is 9.59 Å². The third-order valence-corrected chi connectivity index (χ3v) is 5.41. The summed E-state index contributed by atoms with van der Waals surface area (Å²) in [6.07, 6.45) is 11.1. The number of carbonyl (C=O) groups excluding carboxylic acids is 2. The van der Waals surface area contributed by atoms with Crippen LogP contribution in [0, 0.1) is 0 Å². The Labute approximate surface area is 158 Å². The fourth-order valence-corrected chi connectivity index (χ4v) is 4.16. The van der Waals surface area contributed by atoms with Gasteiger partial charge in [0, 0.05) is 40.3 Å². The summed E-state index contributed by atoms with van der Waals surface area (Å²) in [5, 5.41) is 6.23. The fourth-order valence-electron chi connectivity index (χ4n) is 4.16. The van der Waals surface area contributed by atoms with Crippen molar-refractivity contribution >= 4 is 11.8 Å². The van der Waals surface area contributed by atoms with Crippen LogP contribution in [0.5, 0.6) is 0 Å². The first-order chi connectivity index (χ1) is 12.4. The first kappa shape index (κ1) is 20.6. The molecule has 0 aromatic carbocycles. The average molecular weight is 365 g/mol. The topological polar surface area (TPSA) is 64.7 Å². The predicted octanol–water partition coefficient (Wildman–Crippen LogP) is 2.22. The highest BCUT2D eigenvalue weighted by molar-refractivity contribution is 6.19. The third-order valence-electron chi connectivity index (χ3n) is 5.41. The monoisotopic (exact) mass is 364 g/mol. The normalized spacial score (nSPS) is 18.8. The van der Waals surface area contributed by atoms with Crippen molar-refractivity contribution in [1.29, 1.82) is 0 Å². The van der Waals surface area contributed by atoms with Crippen LogP contribution in [0.3, 0.4) is 0 Å². The maximum absolute atomic E-state index is 13.1. The molecule has 0 spiro atoms. The van der Waals surface area contributed by atoms with Gasteiger partial charge in [-0.2, -0.15) is 0 Å². The summed E-state index contributed by atoms with van der Waals surface area (Å²) in [6, 6.07) is 0.360. The quantitative estimate of drug-likeness (QED) is 0.431. The van der Waals surface area contributed by atoms with E-state index in [1.165, 1.54) is 12.8 Å². The van der Waals surface area contributed by atoms with Crippen LogP contribution in [0.2, 0.25) is 0 Å². The maximum Gasteiger partial charge on any atom is 0.260 e. The minimum absolute atomic E-state index is 0.180. The number of nitrogens with zero attached hydrogens (tertiary/aromatic N) is 2. The van der Waals surface area contributed by atoms with Gasteiger partial charge in [-0.3, -0.25) is 9.59 Å². The summed E-state index contributed by atoms with van der Waals surface area (Å²) in [4.78, 5) is 29.8. The maximum atomic E-state index is 13.1. The number of rotatable bonds is 6. The molecule has 2 N–H and O–H groups in total. The van der Waals surface area contributed by atoms with Crippen LogP contribution < -0.4 is 10.6 Å². The molecular weight excluding hydrogens is 328 g/mol. The second-order valence-corrected chi connectivity index (χ2v) is 8.10. The number of amides is 2. The lowest BCUT2D eigenvalue weighted by Crippen LogP contribution is -2.46. The smallest absolute Gasteiger partial charge is 0.260 e. The number of nitrogens with one attached hydrogen (secondary N) is 2. The number of hydrogen-bond acceptors (Lipinski definition) is 4. The van der Waals surface area contributed by atoms with Gasteiger partial charge in [0.1, 0.15) is 11.4 Å². The van der Waals surface area contributed by atoms with E-state index in [2.05, 4.69) is 10.6 Å². The van der Waals surface area contributed by atoms with Gasteiger partial charge < -0.3 is 20.4 Å². The van der Waals surface area contributed by atoms with E-state index in [1.54, 1.807) is 0 Å². The van der Waals surface area contributed by atoms with Crippen molar-refractivity contribution in [3.05, 3.63) is 11.4 Å². The Kier molecular flexibility index (Phi) is 7.79. The Bertz CT molecular complexity index is 472. The van der Waals surface area contributed by atoms with Crippen molar-refractivity contribution in [2.75, 3.05) is 28.2 Å². The zero-order chi connectivity index (χ0) is 19.1. The summed E-state index contributed by atoms with van der Waals surface area (Å²) in [5.41, 5.74) is 0.233. The molecule has 0 heterocycles. The van der Waals surface area contributed by atoms with Crippen molar-refractivity contribution in [2.24, 2.45) is 0 Å². The number of carbonyl (C=O) groups is 2. The Morgan fingerprint density at radius 3 is 1.31 bits per heavy atom. The van der Waals surface area contributed by atoms with Gasteiger partial charge in [-0.25, -0.2) is 0 Å². The highest BCUT2D eigenvalue weighted by Crippen LogP contribution is 2.21. The molecule has 6 nitrogen and oxygen atoms in total. The Balaban J connectivity index is 2.20. The van der Waals surface area contributed by atoms with Gasteiger partial charge in [0.15, 0.2) is 0 Å². The van der Waals surface area contributed by atoms with E-state index in [-0.39, 0.29) is 29.5 Å². The Hall–Kier alpha value is -1.72. The van der Waals surface area contributed by atoms with Crippen LogP contribution in [0.25, 0.3) is 0 Å². The summed E-state index contributed by atoms with van der Waals surface area (Å²) >= 11 is 0. The predicted molar refractivity (Wildman–Crippen MR) is 104 cm³/mol.